The summed E-state index contributed by atoms with van der Waals surface area (Å²) in [5.41, 5.74) is 0.218. The lowest BCUT2D eigenvalue weighted by Crippen LogP contribution is -2.53. The number of anilines is 2. The van der Waals surface area contributed by atoms with Gasteiger partial charge in [0.2, 0.25) is 11.8 Å². The van der Waals surface area contributed by atoms with Gasteiger partial charge in [0.05, 0.1) is 24.8 Å². The van der Waals surface area contributed by atoms with E-state index in [2.05, 4.69) is 16.0 Å². The third-order valence-corrected chi connectivity index (χ3v) is 6.23. The second kappa shape index (κ2) is 7.74. The van der Waals surface area contributed by atoms with E-state index in [4.69, 9.17) is 27.9 Å². The molecule has 1 unspecified atom stereocenters. The molecule has 2 aromatic rings. The first-order valence-electron chi connectivity index (χ1n) is 9.48. The third-order valence-electron chi connectivity index (χ3n) is 5.76. The molecule has 4 atom stereocenters. The van der Waals surface area contributed by atoms with Crippen molar-refractivity contribution < 1.29 is 19.4 Å². The summed E-state index contributed by atoms with van der Waals surface area (Å²) < 4.78 is 5.31. The summed E-state index contributed by atoms with van der Waals surface area (Å²) in [6.45, 7) is 1.62. The van der Waals surface area contributed by atoms with Crippen molar-refractivity contribution in [2.45, 2.75) is 31.0 Å². The number of rotatable bonds is 4. The molecule has 2 amide bonds. The first kappa shape index (κ1) is 20.9. The number of methoxy groups -OCH3 is 1. The van der Waals surface area contributed by atoms with Crippen molar-refractivity contribution in [3.8, 4) is 5.75 Å². The molecule has 1 spiro atoms. The highest BCUT2D eigenvalue weighted by Crippen LogP contribution is 2.48. The zero-order chi connectivity index (χ0) is 21.6. The van der Waals surface area contributed by atoms with E-state index in [1.807, 2.05) is 0 Å². The molecular formula is C21H21Cl2N3O4. The highest BCUT2D eigenvalue weighted by atomic mass is 35.5. The van der Waals surface area contributed by atoms with Crippen molar-refractivity contribution in [1.29, 1.82) is 0 Å². The summed E-state index contributed by atoms with van der Waals surface area (Å²) in [6.07, 6.45) is -0.511. The molecule has 1 saturated heterocycles. The van der Waals surface area contributed by atoms with Crippen LogP contribution in [-0.4, -0.2) is 36.2 Å². The monoisotopic (exact) mass is 449 g/mol. The number of carbonyl (C=O) groups excluding carboxylic acids is 2. The summed E-state index contributed by atoms with van der Waals surface area (Å²) in [5.74, 6) is -1.12. The minimum absolute atomic E-state index is 0.256. The van der Waals surface area contributed by atoms with Gasteiger partial charge in [0.15, 0.2) is 0 Å². The minimum atomic E-state index is -1.35. The van der Waals surface area contributed by atoms with Gasteiger partial charge in [-0.2, -0.15) is 0 Å². The number of fused-ring (bicyclic) bond motifs is 2. The van der Waals surface area contributed by atoms with Crippen molar-refractivity contribution >= 4 is 46.4 Å². The second-order valence-corrected chi connectivity index (χ2v) is 8.44. The lowest BCUT2D eigenvalue weighted by atomic mass is 9.79. The molecule has 4 rings (SSSR count). The van der Waals surface area contributed by atoms with E-state index in [0.29, 0.717) is 32.7 Å². The molecule has 2 heterocycles. The molecule has 7 nitrogen and oxygen atoms in total. The van der Waals surface area contributed by atoms with Crippen molar-refractivity contribution in [2.24, 2.45) is 5.92 Å². The molecule has 0 saturated carbocycles. The number of hydrogen-bond donors (Lipinski definition) is 4. The topological polar surface area (TPSA) is 99.7 Å². The van der Waals surface area contributed by atoms with Gasteiger partial charge in [-0.3, -0.25) is 14.9 Å². The zero-order valence-corrected chi connectivity index (χ0v) is 17.8. The molecule has 0 aromatic heterocycles. The Kier molecular flexibility index (Phi) is 5.40. The van der Waals surface area contributed by atoms with Crippen LogP contribution in [0.4, 0.5) is 11.4 Å². The van der Waals surface area contributed by atoms with Crippen molar-refractivity contribution in [3.63, 3.8) is 0 Å². The normalized spacial score (nSPS) is 25.7. The maximum atomic E-state index is 13.4. The van der Waals surface area contributed by atoms with E-state index >= 15 is 0 Å². The summed E-state index contributed by atoms with van der Waals surface area (Å²) in [4.78, 5) is 26.6. The number of ether oxygens (including phenoxy) is 1. The average molecular weight is 450 g/mol. The maximum absolute atomic E-state index is 13.4. The number of aliphatic hydroxyl groups is 1. The van der Waals surface area contributed by atoms with Crippen LogP contribution < -0.4 is 20.7 Å². The fourth-order valence-electron chi connectivity index (χ4n) is 4.29. The van der Waals surface area contributed by atoms with Crippen LogP contribution in [0.2, 0.25) is 10.0 Å². The molecule has 4 N–H and O–H groups in total. The molecule has 2 aliphatic rings. The van der Waals surface area contributed by atoms with Gasteiger partial charge in [-0.05, 0) is 49.7 Å². The van der Waals surface area contributed by atoms with Crippen LogP contribution in [-0.2, 0) is 15.1 Å². The molecule has 2 aromatic carbocycles. The van der Waals surface area contributed by atoms with Crippen LogP contribution in [0.5, 0.6) is 5.75 Å². The Balaban J connectivity index is 1.76. The zero-order valence-electron chi connectivity index (χ0n) is 16.3. The molecule has 2 aliphatic heterocycles. The van der Waals surface area contributed by atoms with Crippen molar-refractivity contribution in [2.75, 3.05) is 17.7 Å². The number of hydrogen-bond acceptors (Lipinski definition) is 5. The largest absolute Gasteiger partial charge is 0.495 e. The Labute approximate surface area is 183 Å². The van der Waals surface area contributed by atoms with Gasteiger partial charge >= 0.3 is 0 Å². The van der Waals surface area contributed by atoms with E-state index in [-0.39, 0.29) is 12.3 Å². The molecule has 158 valence electrons. The summed E-state index contributed by atoms with van der Waals surface area (Å²) in [6, 6.07) is 9.48. The first-order chi connectivity index (χ1) is 14.3. The van der Waals surface area contributed by atoms with Gasteiger partial charge in [0.1, 0.15) is 11.3 Å². The predicted octanol–water partition coefficient (Wildman–Crippen LogP) is 3.15. The Morgan fingerprint density at radius 1 is 1.27 bits per heavy atom. The Hall–Kier alpha value is -2.32. The number of carbonyl (C=O) groups is 2. The number of aliphatic hydroxyl groups excluding tert-OH is 1. The summed E-state index contributed by atoms with van der Waals surface area (Å²) >= 11 is 12.3. The molecule has 0 aliphatic carbocycles. The summed E-state index contributed by atoms with van der Waals surface area (Å²) in [5, 5.41) is 20.0. The standard InChI is InChI=1S/C21H21Cl2N3O4/c1-10(27)16-9-14(19(28)24-17-8-12(23)4-6-18(17)30-2)21(26-16)13-7-11(22)3-5-15(13)25-20(21)29/h3-8,10,14,16,26-27H,9H2,1-2H3,(H,24,28)(H,25,29)/t10?,14-,16-,21+/m1/s1. The first-order valence-corrected chi connectivity index (χ1v) is 10.2. The second-order valence-electron chi connectivity index (χ2n) is 7.57. The molecular weight excluding hydrogens is 429 g/mol. The molecule has 9 heteroatoms. The Morgan fingerprint density at radius 3 is 2.67 bits per heavy atom. The highest BCUT2D eigenvalue weighted by molar-refractivity contribution is 6.31. The smallest absolute Gasteiger partial charge is 0.250 e. The van der Waals surface area contributed by atoms with Crippen LogP contribution in [0.15, 0.2) is 36.4 Å². The average Bonchev–Trinajstić information content (AvgIpc) is 3.23. The predicted molar refractivity (Wildman–Crippen MR) is 115 cm³/mol. The van der Waals surface area contributed by atoms with E-state index in [1.54, 1.807) is 43.3 Å². The van der Waals surface area contributed by atoms with Gasteiger partial charge < -0.3 is 20.5 Å². The fraction of sp³-hybridized carbons (Fsp3) is 0.333. The van der Waals surface area contributed by atoms with Crippen LogP contribution in [0, 0.1) is 5.92 Å². The highest BCUT2D eigenvalue weighted by Gasteiger charge is 2.60. The fourth-order valence-corrected chi connectivity index (χ4v) is 4.63. The Bertz CT molecular complexity index is 1030. The van der Waals surface area contributed by atoms with Crippen molar-refractivity contribution in [3.05, 3.63) is 52.0 Å². The van der Waals surface area contributed by atoms with Crippen LogP contribution in [0.25, 0.3) is 0 Å². The number of amides is 2. The van der Waals surface area contributed by atoms with Gasteiger partial charge in [-0.25, -0.2) is 0 Å². The van der Waals surface area contributed by atoms with Gasteiger partial charge in [0.25, 0.3) is 0 Å². The number of benzene rings is 2. The summed E-state index contributed by atoms with van der Waals surface area (Å²) in [7, 11) is 1.49. The van der Waals surface area contributed by atoms with E-state index in [1.165, 1.54) is 7.11 Å². The van der Waals surface area contributed by atoms with Crippen LogP contribution in [0.3, 0.4) is 0 Å². The van der Waals surface area contributed by atoms with E-state index < -0.39 is 29.5 Å². The van der Waals surface area contributed by atoms with Crippen LogP contribution >= 0.6 is 23.2 Å². The Morgan fingerprint density at radius 2 is 1.97 bits per heavy atom. The molecule has 0 radical (unpaired) electrons. The lowest BCUT2D eigenvalue weighted by Gasteiger charge is -2.29. The lowest BCUT2D eigenvalue weighted by molar-refractivity contribution is -0.130. The van der Waals surface area contributed by atoms with Crippen LogP contribution in [0.1, 0.15) is 18.9 Å². The van der Waals surface area contributed by atoms with E-state index in [9.17, 15) is 14.7 Å². The van der Waals surface area contributed by atoms with Gasteiger partial charge in [0, 0.05) is 27.3 Å². The number of nitrogens with one attached hydrogen (secondary N) is 3. The van der Waals surface area contributed by atoms with Gasteiger partial charge in [-0.1, -0.05) is 23.2 Å². The molecule has 0 bridgehead atoms. The number of halogens is 2. The minimum Gasteiger partial charge on any atom is -0.495 e. The van der Waals surface area contributed by atoms with Crippen molar-refractivity contribution in [1.82, 2.24) is 5.32 Å². The molecule has 30 heavy (non-hydrogen) atoms. The van der Waals surface area contributed by atoms with E-state index in [0.717, 1.165) is 0 Å². The quantitative estimate of drug-likeness (QED) is 0.574. The van der Waals surface area contributed by atoms with Gasteiger partial charge in [-0.15, -0.1) is 0 Å². The SMILES string of the molecule is COc1ccc(Cl)cc1NC(=O)[C@H]1C[C@H](C(C)O)N[C@]12C(=O)Nc1ccc(Cl)cc12. The molecule has 1 fully saturated rings. The third kappa shape index (κ3) is 3.32. The maximum Gasteiger partial charge on any atom is 0.250 e.